The summed E-state index contributed by atoms with van der Waals surface area (Å²) in [5, 5.41) is 8.63. The van der Waals surface area contributed by atoms with Crippen molar-refractivity contribution in [2.45, 2.75) is 26.3 Å². The molecule has 3 rings (SSSR count). The van der Waals surface area contributed by atoms with Gasteiger partial charge < -0.3 is 9.73 Å². The first-order chi connectivity index (χ1) is 9.72. The van der Waals surface area contributed by atoms with Gasteiger partial charge in [0.25, 0.3) is 0 Å². The molecule has 0 aliphatic heterocycles. The highest BCUT2D eigenvalue weighted by atomic mass is 32.1. The first kappa shape index (κ1) is 13.3. The van der Waals surface area contributed by atoms with Crippen LogP contribution in [-0.2, 0) is 6.42 Å². The Morgan fingerprint density at radius 3 is 2.95 bits per heavy atom. The van der Waals surface area contributed by atoms with Crippen molar-refractivity contribution in [1.29, 1.82) is 0 Å². The van der Waals surface area contributed by atoms with E-state index in [0.29, 0.717) is 0 Å². The highest BCUT2D eigenvalue weighted by Crippen LogP contribution is 2.31. The van der Waals surface area contributed by atoms with E-state index in [4.69, 9.17) is 4.42 Å². The van der Waals surface area contributed by atoms with Crippen LogP contribution in [0.1, 0.15) is 34.9 Å². The summed E-state index contributed by atoms with van der Waals surface area (Å²) >= 11 is 1.43. The molecule has 0 saturated heterocycles. The van der Waals surface area contributed by atoms with Crippen molar-refractivity contribution in [3.8, 4) is 0 Å². The topological polar surface area (TPSA) is 51.0 Å². The fraction of sp³-hybridized carbons (Fsp3) is 0.333. The van der Waals surface area contributed by atoms with E-state index < -0.39 is 0 Å². The van der Waals surface area contributed by atoms with Gasteiger partial charge >= 0.3 is 0 Å². The van der Waals surface area contributed by atoms with Gasteiger partial charge in [-0.15, -0.1) is 5.10 Å². The second-order valence-corrected chi connectivity index (χ2v) is 5.63. The van der Waals surface area contributed by atoms with E-state index in [1.807, 2.05) is 13.1 Å². The SMILES string of the molecule is CCc1nnsc1C(NC)c1cc2cc(C)ccc2o1. The quantitative estimate of drug-likeness (QED) is 0.798. The lowest BCUT2D eigenvalue weighted by atomic mass is 10.1. The lowest BCUT2D eigenvalue weighted by Gasteiger charge is -2.11. The Labute approximate surface area is 122 Å². The number of fused-ring (bicyclic) bond motifs is 1. The predicted octanol–water partition coefficient (Wildman–Crippen LogP) is 3.46. The van der Waals surface area contributed by atoms with Crippen LogP contribution in [0.2, 0.25) is 0 Å². The fourth-order valence-corrected chi connectivity index (χ4v) is 3.27. The second-order valence-electron chi connectivity index (χ2n) is 4.85. The smallest absolute Gasteiger partial charge is 0.134 e. The van der Waals surface area contributed by atoms with Crippen LogP contribution >= 0.6 is 11.5 Å². The van der Waals surface area contributed by atoms with Crippen molar-refractivity contribution in [3.63, 3.8) is 0 Å². The molecule has 5 heteroatoms. The molecule has 1 atom stereocenters. The zero-order valence-electron chi connectivity index (χ0n) is 11.8. The summed E-state index contributed by atoms with van der Waals surface area (Å²) < 4.78 is 10.1. The predicted molar refractivity (Wildman–Crippen MR) is 81.1 cm³/mol. The first-order valence-corrected chi connectivity index (χ1v) is 7.48. The van der Waals surface area contributed by atoms with Gasteiger partial charge in [-0.05, 0) is 50.1 Å². The van der Waals surface area contributed by atoms with Crippen LogP contribution in [0.25, 0.3) is 11.0 Å². The Morgan fingerprint density at radius 2 is 2.20 bits per heavy atom. The van der Waals surface area contributed by atoms with Gasteiger partial charge in [0, 0.05) is 5.39 Å². The van der Waals surface area contributed by atoms with E-state index in [2.05, 4.69) is 47.0 Å². The van der Waals surface area contributed by atoms with Crippen molar-refractivity contribution in [1.82, 2.24) is 14.9 Å². The molecule has 3 aromatic rings. The Morgan fingerprint density at radius 1 is 1.35 bits per heavy atom. The van der Waals surface area contributed by atoms with Gasteiger partial charge in [-0.25, -0.2) is 0 Å². The molecule has 4 nitrogen and oxygen atoms in total. The van der Waals surface area contributed by atoms with Crippen molar-refractivity contribution in [3.05, 3.63) is 46.2 Å². The van der Waals surface area contributed by atoms with E-state index in [9.17, 15) is 0 Å². The molecule has 0 aliphatic carbocycles. The minimum absolute atomic E-state index is 0.0117. The lowest BCUT2D eigenvalue weighted by molar-refractivity contribution is 0.493. The zero-order chi connectivity index (χ0) is 14.1. The molecule has 0 spiro atoms. The number of aryl methyl sites for hydroxylation is 2. The van der Waals surface area contributed by atoms with E-state index in [1.54, 1.807) is 0 Å². The maximum absolute atomic E-state index is 5.99. The molecule has 0 radical (unpaired) electrons. The van der Waals surface area contributed by atoms with Gasteiger partial charge in [-0.3, -0.25) is 0 Å². The van der Waals surface area contributed by atoms with E-state index in [-0.39, 0.29) is 6.04 Å². The van der Waals surface area contributed by atoms with Gasteiger partial charge in [0.1, 0.15) is 17.4 Å². The molecule has 1 N–H and O–H groups in total. The Bertz CT molecular complexity index is 732. The second kappa shape index (κ2) is 5.34. The molecule has 0 amide bonds. The molecule has 104 valence electrons. The Balaban J connectivity index is 2.07. The number of rotatable bonds is 4. The van der Waals surface area contributed by atoms with Gasteiger partial charge in [-0.2, -0.15) is 0 Å². The highest BCUT2D eigenvalue weighted by Gasteiger charge is 2.22. The van der Waals surface area contributed by atoms with Gasteiger partial charge in [0.2, 0.25) is 0 Å². The summed E-state index contributed by atoms with van der Waals surface area (Å²) in [6.45, 7) is 4.18. The van der Waals surface area contributed by atoms with Gasteiger partial charge in [0.15, 0.2) is 0 Å². The van der Waals surface area contributed by atoms with Crippen LogP contribution in [0.15, 0.2) is 28.7 Å². The summed E-state index contributed by atoms with van der Waals surface area (Å²) in [7, 11) is 1.93. The summed E-state index contributed by atoms with van der Waals surface area (Å²) in [4.78, 5) is 1.13. The maximum atomic E-state index is 5.99. The van der Waals surface area contributed by atoms with Crippen LogP contribution in [-0.4, -0.2) is 16.6 Å². The summed E-state index contributed by atoms with van der Waals surface area (Å²) in [5.74, 6) is 0.911. The van der Waals surface area contributed by atoms with Crippen LogP contribution in [0.4, 0.5) is 0 Å². The fourth-order valence-electron chi connectivity index (χ4n) is 2.41. The van der Waals surface area contributed by atoms with Crippen LogP contribution in [0.5, 0.6) is 0 Å². The van der Waals surface area contributed by atoms with E-state index >= 15 is 0 Å². The number of aromatic nitrogens is 2. The number of nitrogens with one attached hydrogen (secondary N) is 1. The van der Waals surface area contributed by atoms with Crippen molar-refractivity contribution in [2.24, 2.45) is 0 Å². The maximum Gasteiger partial charge on any atom is 0.134 e. The number of hydrogen-bond acceptors (Lipinski definition) is 5. The van der Waals surface area contributed by atoms with Crippen LogP contribution < -0.4 is 5.32 Å². The number of nitrogens with zero attached hydrogens (tertiary/aromatic N) is 2. The van der Waals surface area contributed by atoms with Gasteiger partial charge in [0.05, 0.1) is 10.6 Å². The minimum Gasteiger partial charge on any atom is -0.459 e. The molecular weight excluding hydrogens is 270 g/mol. The Hall–Kier alpha value is -1.72. The Kier molecular flexibility index (Phi) is 3.54. The third-order valence-electron chi connectivity index (χ3n) is 3.45. The molecule has 20 heavy (non-hydrogen) atoms. The van der Waals surface area contributed by atoms with Crippen LogP contribution in [0, 0.1) is 6.92 Å². The standard InChI is InChI=1S/C15H17N3OS/c1-4-11-15(20-18-17-11)14(16-3)13-8-10-7-9(2)5-6-12(10)19-13/h5-8,14,16H,4H2,1-3H3. The molecule has 0 aliphatic rings. The number of hydrogen-bond donors (Lipinski definition) is 1. The average molecular weight is 287 g/mol. The van der Waals surface area contributed by atoms with E-state index in [0.717, 1.165) is 33.7 Å². The molecule has 0 saturated carbocycles. The largest absolute Gasteiger partial charge is 0.459 e. The molecule has 1 unspecified atom stereocenters. The molecular formula is C15H17N3OS. The third-order valence-corrected chi connectivity index (χ3v) is 4.28. The summed E-state index contributed by atoms with van der Waals surface area (Å²) in [6.07, 6.45) is 0.878. The summed E-state index contributed by atoms with van der Waals surface area (Å²) in [6, 6.07) is 8.34. The average Bonchev–Trinajstić information content (AvgIpc) is 3.05. The first-order valence-electron chi connectivity index (χ1n) is 6.71. The number of furan rings is 1. The van der Waals surface area contributed by atoms with Crippen molar-refractivity contribution < 1.29 is 4.42 Å². The molecule has 2 heterocycles. The zero-order valence-corrected chi connectivity index (χ0v) is 12.6. The monoisotopic (exact) mass is 287 g/mol. The summed E-state index contributed by atoms with van der Waals surface area (Å²) in [5.41, 5.74) is 3.19. The number of benzene rings is 1. The minimum atomic E-state index is 0.0117. The third kappa shape index (κ3) is 2.23. The lowest BCUT2D eigenvalue weighted by Crippen LogP contribution is -2.17. The molecule has 0 fully saturated rings. The van der Waals surface area contributed by atoms with Crippen LogP contribution in [0.3, 0.4) is 0 Å². The van der Waals surface area contributed by atoms with Gasteiger partial charge in [-0.1, -0.05) is 23.0 Å². The highest BCUT2D eigenvalue weighted by molar-refractivity contribution is 7.05. The molecule has 0 bridgehead atoms. The molecule has 1 aromatic carbocycles. The molecule has 2 aromatic heterocycles. The van der Waals surface area contributed by atoms with E-state index in [1.165, 1.54) is 17.1 Å². The normalized spacial score (nSPS) is 12.9. The van der Waals surface area contributed by atoms with Crippen molar-refractivity contribution in [2.75, 3.05) is 7.05 Å². The van der Waals surface area contributed by atoms with Crippen molar-refractivity contribution >= 4 is 22.5 Å².